The lowest BCUT2D eigenvalue weighted by molar-refractivity contribution is 1.21. The number of aromatic nitrogens is 1. The van der Waals surface area contributed by atoms with E-state index in [0.717, 1.165) is 10.1 Å². The van der Waals surface area contributed by atoms with Gasteiger partial charge in [0.15, 0.2) is 5.13 Å². The van der Waals surface area contributed by atoms with Crippen molar-refractivity contribution in [1.82, 2.24) is 4.98 Å². The smallest absolute Gasteiger partial charge is 0.187 e. The largest absolute Gasteiger partial charge is 0.326 e. The third-order valence-electron chi connectivity index (χ3n) is 1.61. The molecule has 1 aliphatic rings. The average Bonchev–Trinajstić information content (AvgIpc) is 2.73. The number of hydrogen-bond donors (Lipinski definition) is 1. The molecule has 0 aliphatic heterocycles. The molecule has 1 N–H and O–H groups in total. The molecule has 1 heterocycles. The zero-order valence-electron chi connectivity index (χ0n) is 5.91. The molecule has 1 saturated carbocycles. The highest BCUT2D eigenvalue weighted by molar-refractivity contribution is 7.80. The van der Waals surface area contributed by atoms with Gasteiger partial charge in [0.1, 0.15) is 0 Å². The van der Waals surface area contributed by atoms with Gasteiger partial charge < -0.3 is 5.32 Å². The number of nitrogens with one attached hydrogen (secondary N) is 1. The normalized spacial score (nSPS) is 16.4. The molecular formula is C7H8N2S2. The molecule has 11 heavy (non-hydrogen) atoms. The molecule has 0 saturated heterocycles. The Hall–Kier alpha value is -0.480. The van der Waals surface area contributed by atoms with Gasteiger partial charge >= 0.3 is 0 Å². The highest BCUT2D eigenvalue weighted by Crippen LogP contribution is 2.31. The third-order valence-corrected chi connectivity index (χ3v) is 2.73. The van der Waals surface area contributed by atoms with Crippen molar-refractivity contribution in [3.8, 4) is 0 Å². The van der Waals surface area contributed by atoms with Gasteiger partial charge in [-0.2, -0.15) is 0 Å². The van der Waals surface area contributed by atoms with Crippen molar-refractivity contribution < 1.29 is 0 Å². The van der Waals surface area contributed by atoms with Gasteiger partial charge in [0.25, 0.3) is 0 Å². The van der Waals surface area contributed by atoms with Crippen LogP contribution in [0.3, 0.4) is 0 Å². The predicted molar refractivity (Wildman–Crippen MR) is 51.1 cm³/mol. The van der Waals surface area contributed by atoms with Crippen molar-refractivity contribution in [2.45, 2.75) is 12.8 Å². The molecule has 0 amide bonds. The summed E-state index contributed by atoms with van der Waals surface area (Å²) in [6.45, 7) is 0. The van der Waals surface area contributed by atoms with E-state index < -0.39 is 0 Å². The molecule has 2 nitrogen and oxygen atoms in total. The average molecular weight is 184 g/mol. The summed E-state index contributed by atoms with van der Waals surface area (Å²) in [5, 5.41) is 5.98. The lowest BCUT2D eigenvalue weighted by atomic mass is 10.4. The van der Waals surface area contributed by atoms with Crippen LogP contribution in [0.15, 0.2) is 11.6 Å². The van der Waals surface area contributed by atoms with Gasteiger partial charge in [-0.1, -0.05) is 12.2 Å². The second-order valence-electron chi connectivity index (χ2n) is 2.60. The molecule has 0 spiro atoms. The fourth-order valence-electron chi connectivity index (χ4n) is 0.838. The zero-order chi connectivity index (χ0) is 7.68. The molecule has 1 aliphatic carbocycles. The van der Waals surface area contributed by atoms with Crippen LogP contribution in [-0.2, 0) is 0 Å². The van der Waals surface area contributed by atoms with E-state index in [1.165, 1.54) is 12.8 Å². The van der Waals surface area contributed by atoms with Gasteiger partial charge in [-0.05, 0) is 12.8 Å². The van der Waals surface area contributed by atoms with Gasteiger partial charge in [0, 0.05) is 17.5 Å². The van der Waals surface area contributed by atoms with E-state index in [1.807, 2.05) is 5.38 Å². The number of thiocarbonyl (C=S) groups is 1. The highest BCUT2D eigenvalue weighted by atomic mass is 32.1. The summed E-state index contributed by atoms with van der Waals surface area (Å²) in [4.78, 5) is 5.04. The summed E-state index contributed by atoms with van der Waals surface area (Å²) in [5.74, 6) is 0.633. The first kappa shape index (κ1) is 7.18. The first-order valence-corrected chi connectivity index (χ1v) is 4.85. The summed E-state index contributed by atoms with van der Waals surface area (Å²) in [7, 11) is 0. The Labute approximate surface area is 74.7 Å². The van der Waals surface area contributed by atoms with Crippen LogP contribution < -0.4 is 5.32 Å². The summed E-state index contributed by atoms with van der Waals surface area (Å²) in [5.41, 5.74) is 0. The fourth-order valence-corrected chi connectivity index (χ4v) is 1.78. The summed E-state index contributed by atoms with van der Waals surface area (Å²) >= 11 is 6.73. The SMILES string of the molecule is S=C(Nc1nccs1)C1CC1. The van der Waals surface area contributed by atoms with Gasteiger partial charge in [-0.15, -0.1) is 11.3 Å². The Morgan fingerprint density at radius 3 is 3.09 bits per heavy atom. The van der Waals surface area contributed by atoms with E-state index in [9.17, 15) is 0 Å². The molecule has 4 heteroatoms. The lowest BCUT2D eigenvalue weighted by Gasteiger charge is -2.00. The Kier molecular flexibility index (Phi) is 1.87. The van der Waals surface area contributed by atoms with E-state index in [-0.39, 0.29) is 0 Å². The van der Waals surface area contributed by atoms with Crippen molar-refractivity contribution in [1.29, 1.82) is 0 Å². The molecular weight excluding hydrogens is 176 g/mol. The maximum atomic E-state index is 5.14. The van der Waals surface area contributed by atoms with E-state index in [4.69, 9.17) is 12.2 Å². The number of nitrogens with zero attached hydrogens (tertiary/aromatic N) is 1. The van der Waals surface area contributed by atoms with Crippen LogP contribution in [0.2, 0.25) is 0 Å². The van der Waals surface area contributed by atoms with E-state index in [1.54, 1.807) is 17.5 Å². The molecule has 0 bridgehead atoms. The summed E-state index contributed by atoms with van der Waals surface area (Å²) < 4.78 is 0. The van der Waals surface area contributed by atoms with Crippen molar-refractivity contribution in [3.63, 3.8) is 0 Å². The molecule has 0 atom stereocenters. The monoisotopic (exact) mass is 184 g/mol. The number of hydrogen-bond acceptors (Lipinski definition) is 3. The summed E-state index contributed by atoms with van der Waals surface area (Å²) in [6, 6.07) is 0. The Morgan fingerprint density at radius 1 is 1.73 bits per heavy atom. The maximum absolute atomic E-state index is 5.14. The molecule has 1 aromatic rings. The second-order valence-corrected chi connectivity index (χ2v) is 3.94. The topological polar surface area (TPSA) is 24.9 Å². The second kappa shape index (κ2) is 2.87. The first-order valence-electron chi connectivity index (χ1n) is 3.56. The van der Waals surface area contributed by atoms with Crippen molar-refractivity contribution in [2.75, 3.05) is 5.32 Å². The van der Waals surface area contributed by atoms with Crippen molar-refractivity contribution in [3.05, 3.63) is 11.6 Å². The number of anilines is 1. The summed E-state index contributed by atoms with van der Waals surface area (Å²) in [6.07, 6.45) is 4.27. The highest BCUT2D eigenvalue weighted by Gasteiger charge is 2.26. The van der Waals surface area contributed by atoms with Crippen molar-refractivity contribution >= 4 is 33.7 Å². The zero-order valence-corrected chi connectivity index (χ0v) is 7.54. The molecule has 0 unspecified atom stereocenters. The van der Waals surface area contributed by atoms with Crippen LogP contribution in [0, 0.1) is 5.92 Å². The van der Waals surface area contributed by atoms with Crippen LogP contribution in [0.25, 0.3) is 0 Å². The van der Waals surface area contributed by atoms with Crippen LogP contribution in [0.1, 0.15) is 12.8 Å². The maximum Gasteiger partial charge on any atom is 0.187 e. The lowest BCUT2D eigenvalue weighted by Crippen LogP contribution is -2.10. The van der Waals surface area contributed by atoms with Gasteiger partial charge in [0.2, 0.25) is 0 Å². The molecule has 58 valence electrons. The fraction of sp³-hybridized carbons (Fsp3) is 0.429. The first-order chi connectivity index (χ1) is 5.36. The molecule has 1 fully saturated rings. The van der Waals surface area contributed by atoms with Crippen LogP contribution in [0.5, 0.6) is 0 Å². The number of rotatable bonds is 2. The third kappa shape index (κ3) is 1.75. The number of thiazole rings is 1. The van der Waals surface area contributed by atoms with Gasteiger partial charge in [-0.25, -0.2) is 4.98 Å². The van der Waals surface area contributed by atoms with Gasteiger partial charge in [-0.3, -0.25) is 0 Å². The van der Waals surface area contributed by atoms with Gasteiger partial charge in [0.05, 0.1) is 4.99 Å². The van der Waals surface area contributed by atoms with Crippen molar-refractivity contribution in [2.24, 2.45) is 5.92 Å². The molecule has 0 radical (unpaired) electrons. The Bertz CT molecular complexity index is 251. The Morgan fingerprint density at radius 2 is 2.55 bits per heavy atom. The van der Waals surface area contributed by atoms with Crippen LogP contribution in [0.4, 0.5) is 5.13 Å². The predicted octanol–water partition coefficient (Wildman–Crippen LogP) is 2.29. The Balaban J connectivity index is 1.94. The standard InChI is InChI=1S/C7H8N2S2/c10-6(5-1-2-5)9-7-8-3-4-11-7/h3-5H,1-2H2,(H,8,9,10). The minimum Gasteiger partial charge on any atom is -0.326 e. The molecule has 0 aromatic carbocycles. The van der Waals surface area contributed by atoms with E-state index >= 15 is 0 Å². The minimum absolute atomic E-state index is 0.633. The van der Waals surface area contributed by atoms with Crippen LogP contribution in [-0.4, -0.2) is 9.97 Å². The van der Waals surface area contributed by atoms with Crippen LogP contribution >= 0.6 is 23.6 Å². The molecule has 2 rings (SSSR count). The quantitative estimate of drug-likeness (QED) is 0.714. The molecule has 1 aromatic heterocycles. The van der Waals surface area contributed by atoms with E-state index in [2.05, 4.69) is 10.3 Å². The van der Waals surface area contributed by atoms with E-state index in [0.29, 0.717) is 5.92 Å². The minimum atomic E-state index is 0.633.